The number of carboxylic acids is 1. The Morgan fingerprint density at radius 1 is 1.08 bits per heavy atom. The van der Waals surface area contributed by atoms with E-state index in [1.54, 1.807) is 12.1 Å². The lowest BCUT2D eigenvalue weighted by atomic mass is 9.94. The van der Waals surface area contributed by atoms with Gasteiger partial charge in [-0.3, -0.25) is 0 Å². The molecule has 0 bridgehead atoms. The molecule has 1 aliphatic heterocycles. The van der Waals surface area contributed by atoms with E-state index in [4.69, 9.17) is 4.52 Å². The molecule has 1 saturated heterocycles. The summed E-state index contributed by atoms with van der Waals surface area (Å²) in [5, 5.41) is 14.1. The first-order valence-corrected chi connectivity index (χ1v) is 13.2. The van der Waals surface area contributed by atoms with E-state index >= 15 is 0 Å². The molecule has 0 radical (unpaired) electrons. The number of hydrogen-bond donors (Lipinski definition) is 1. The van der Waals surface area contributed by atoms with Gasteiger partial charge in [0.25, 0.3) is 0 Å². The first-order chi connectivity index (χ1) is 18.3. The standard InChI is InChI=1S/C27H23F3N4O3S/c28-27(29,30)19-4-2-1-3-17(19)22-18(23(37-33-22)16-6-7-16)8-5-15-11-13-34(14-12-15)26-32-20-9-10-21(25(35)36)31-24(20)38-26/h1-5,8-10,15-16H,6-7,11-14H2,(H,35,36)/b8-5+. The number of carboxylic acid groups (broad SMARTS) is 1. The first-order valence-electron chi connectivity index (χ1n) is 12.4. The number of alkyl halides is 3. The summed E-state index contributed by atoms with van der Waals surface area (Å²) < 4.78 is 46.7. The normalized spacial score (nSPS) is 17.1. The fraction of sp³-hybridized carbons (Fsp3) is 0.333. The topological polar surface area (TPSA) is 92.3 Å². The molecule has 1 saturated carbocycles. The molecule has 4 heterocycles. The monoisotopic (exact) mass is 540 g/mol. The van der Waals surface area contributed by atoms with Crippen molar-refractivity contribution in [3.63, 3.8) is 0 Å². The van der Waals surface area contributed by atoms with Crippen molar-refractivity contribution in [2.24, 2.45) is 5.92 Å². The highest BCUT2D eigenvalue weighted by Gasteiger charge is 2.37. The van der Waals surface area contributed by atoms with E-state index in [1.807, 2.05) is 6.08 Å². The second-order valence-electron chi connectivity index (χ2n) is 9.63. The van der Waals surface area contributed by atoms with Crippen LogP contribution in [0.1, 0.15) is 59.0 Å². The molecule has 7 nitrogen and oxygen atoms in total. The van der Waals surface area contributed by atoms with Crippen LogP contribution < -0.4 is 4.90 Å². The molecule has 1 aromatic carbocycles. The first kappa shape index (κ1) is 24.6. The Morgan fingerprint density at radius 3 is 2.55 bits per heavy atom. The number of benzene rings is 1. The fourth-order valence-electron chi connectivity index (χ4n) is 4.82. The maximum atomic E-state index is 13.7. The second kappa shape index (κ2) is 9.54. The zero-order valence-corrected chi connectivity index (χ0v) is 20.9. The van der Waals surface area contributed by atoms with Crippen LogP contribution in [0.4, 0.5) is 18.3 Å². The number of piperidine rings is 1. The number of halogens is 3. The van der Waals surface area contributed by atoms with E-state index in [1.165, 1.54) is 29.5 Å². The lowest BCUT2D eigenvalue weighted by Crippen LogP contribution is -2.32. The maximum absolute atomic E-state index is 13.7. The number of allylic oxidation sites excluding steroid dienone is 1. The molecular formula is C27H23F3N4O3S. The van der Waals surface area contributed by atoms with Crippen LogP contribution in [0.2, 0.25) is 0 Å². The Labute approximate surface area is 219 Å². The summed E-state index contributed by atoms with van der Waals surface area (Å²) in [5.41, 5.74) is 0.839. The molecule has 38 heavy (non-hydrogen) atoms. The highest BCUT2D eigenvalue weighted by molar-refractivity contribution is 7.21. The molecule has 0 amide bonds. The third kappa shape index (κ3) is 4.78. The number of rotatable bonds is 6. The second-order valence-corrected chi connectivity index (χ2v) is 10.6. The van der Waals surface area contributed by atoms with Gasteiger partial charge in [0.05, 0.1) is 5.56 Å². The molecule has 3 aromatic heterocycles. The highest BCUT2D eigenvalue weighted by atomic mass is 32.1. The van der Waals surface area contributed by atoms with Gasteiger partial charge in [0, 0.05) is 30.1 Å². The molecule has 0 atom stereocenters. The van der Waals surface area contributed by atoms with Crippen molar-refractivity contribution in [3.05, 3.63) is 65.1 Å². The average molecular weight is 541 g/mol. The van der Waals surface area contributed by atoms with Crippen LogP contribution in [-0.2, 0) is 6.18 Å². The van der Waals surface area contributed by atoms with Crippen molar-refractivity contribution in [2.75, 3.05) is 18.0 Å². The Hall–Kier alpha value is -3.73. The van der Waals surface area contributed by atoms with Crippen molar-refractivity contribution >= 4 is 38.9 Å². The number of hydrogen-bond acceptors (Lipinski definition) is 7. The van der Waals surface area contributed by atoms with Gasteiger partial charge in [-0.25, -0.2) is 14.8 Å². The molecular weight excluding hydrogens is 517 g/mol. The minimum atomic E-state index is -4.49. The van der Waals surface area contributed by atoms with Crippen LogP contribution in [-0.4, -0.2) is 39.3 Å². The maximum Gasteiger partial charge on any atom is 0.417 e. The van der Waals surface area contributed by atoms with Crippen LogP contribution in [0.25, 0.3) is 27.7 Å². The summed E-state index contributed by atoms with van der Waals surface area (Å²) >= 11 is 1.37. The van der Waals surface area contributed by atoms with Gasteiger partial charge < -0.3 is 14.5 Å². The average Bonchev–Trinajstić information content (AvgIpc) is 3.51. The summed E-state index contributed by atoms with van der Waals surface area (Å²) in [6.45, 7) is 1.51. The van der Waals surface area contributed by atoms with Gasteiger partial charge in [-0.15, -0.1) is 0 Å². The van der Waals surface area contributed by atoms with E-state index in [0.717, 1.165) is 50.0 Å². The van der Waals surface area contributed by atoms with Gasteiger partial charge >= 0.3 is 12.1 Å². The van der Waals surface area contributed by atoms with Crippen LogP contribution in [0.3, 0.4) is 0 Å². The van der Waals surface area contributed by atoms with Gasteiger partial charge in [0.15, 0.2) is 5.13 Å². The number of aromatic nitrogens is 3. The minimum absolute atomic E-state index is 0.00641. The molecule has 6 rings (SSSR count). The van der Waals surface area contributed by atoms with E-state index < -0.39 is 17.7 Å². The van der Waals surface area contributed by atoms with Gasteiger partial charge in [0.2, 0.25) is 0 Å². The van der Waals surface area contributed by atoms with Gasteiger partial charge in [-0.05, 0) is 49.8 Å². The lowest BCUT2D eigenvalue weighted by molar-refractivity contribution is -0.137. The number of thiazole rings is 1. The third-order valence-electron chi connectivity index (χ3n) is 7.00. The molecule has 4 aromatic rings. The Morgan fingerprint density at radius 2 is 1.84 bits per heavy atom. The molecule has 196 valence electrons. The quantitative estimate of drug-likeness (QED) is 0.285. The smallest absolute Gasteiger partial charge is 0.417 e. The van der Waals surface area contributed by atoms with Crippen LogP contribution in [0, 0.1) is 5.92 Å². The predicted molar refractivity (Wildman–Crippen MR) is 137 cm³/mol. The molecule has 11 heteroatoms. The van der Waals surface area contributed by atoms with Crippen LogP contribution in [0.5, 0.6) is 0 Å². The molecule has 2 fully saturated rings. The highest BCUT2D eigenvalue weighted by Crippen LogP contribution is 2.46. The van der Waals surface area contributed by atoms with Crippen LogP contribution in [0.15, 0.2) is 47.0 Å². The number of carbonyl (C=O) groups is 1. The van der Waals surface area contributed by atoms with E-state index in [-0.39, 0.29) is 28.8 Å². The number of fused-ring (bicyclic) bond motifs is 1. The predicted octanol–water partition coefficient (Wildman–Crippen LogP) is 6.87. The van der Waals surface area contributed by atoms with E-state index in [9.17, 15) is 23.1 Å². The fourth-order valence-corrected chi connectivity index (χ4v) is 5.81. The Kier molecular flexibility index (Phi) is 6.17. The van der Waals surface area contributed by atoms with E-state index in [0.29, 0.717) is 21.7 Å². The lowest BCUT2D eigenvalue weighted by Gasteiger charge is -2.30. The zero-order valence-electron chi connectivity index (χ0n) is 20.1. The SMILES string of the molecule is O=C(O)c1ccc2nc(N3CCC(/C=C/c4c(-c5ccccc5C(F)(F)F)noc4C4CC4)CC3)sc2n1. The Balaban J connectivity index is 1.20. The molecule has 2 aliphatic rings. The van der Waals surface area contributed by atoms with Crippen molar-refractivity contribution in [3.8, 4) is 11.3 Å². The van der Waals surface area contributed by atoms with Gasteiger partial charge in [-0.1, -0.05) is 46.8 Å². The van der Waals surface area contributed by atoms with Gasteiger partial charge in [0.1, 0.15) is 27.5 Å². The number of aromatic carboxylic acids is 1. The van der Waals surface area contributed by atoms with E-state index in [2.05, 4.69) is 26.1 Å². The molecule has 1 aliphatic carbocycles. The largest absolute Gasteiger partial charge is 0.477 e. The summed E-state index contributed by atoms with van der Waals surface area (Å²) in [6.07, 6.45) is 3.04. The third-order valence-corrected chi connectivity index (χ3v) is 8.03. The number of nitrogens with zero attached hydrogens (tertiary/aromatic N) is 4. The Bertz CT molecular complexity index is 1530. The molecule has 0 unspecified atom stereocenters. The minimum Gasteiger partial charge on any atom is -0.477 e. The number of anilines is 1. The summed E-state index contributed by atoms with van der Waals surface area (Å²) in [4.78, 5) is 22.8. The molecule has 0 spiro atoms. The number of pyridine rings is 1. The summed E-state index contributed by atoms with van der Waals surface area (Å²) in [5.74, 6) is 0.0284. The summed E-state index contributed by atoms with van der Waals surface area (Å²) in [6, 6.07) is 8.60. The van der Waals surface area contributed by atoms with Crippen molar-refractivity contribution in [1.82, 2.24) is 15.1 Å². The van der Waals surface area contributed by atoms with Crippen molar-refractivity contribution in [1.29, 1.82) is 0 Å². The molecule has 1 N–H and O–H groups in total. The zero-order chi connectivity index (χ0) is 26.4. The van der Waals surface area contributed by atoms with Gasteiger partial charge in [-0.2, -0.15) is 13.2 Å². The van der Waals surface area contributed by atoms with Crippen molar-refractivity contribution in [2.45, 2.75) is 37.8 Å². The van der Waals surface area contributed by atoms with Crippen LogP contribution >= 0.6 is 11.3 Å². The van der Waals surface area contributed by atoms with Crippen molar-refractivity contribution < 1.29 is 27.6 Å². The summed E-state index contributed by atoms with van der Waals surface area (Å²) in [7, 11) is 0.